The minimum absolute atomic E-state index is 0. The monoisotopic (exact) mass is 231 g/mol. The molecule has 0 aliphatic heterocycles. The molecule has 1 radical (unpaired) electrons. The molecule has 0 unspecified atom stereocenters. The second-order valence-electron chi connectivity index (χ2n) is 3.51. The molecule has 0 aromatic heterocycles. The number of hydrogen-bond acceptors (Lipinski definition) is 0. The van der Waals surface area contributed by atoms with E-state index in [1.807, 2.05) is 24.3 Å². The van der Waals surface area contributed by atoms with Crippen LogP contribution < -0.4 is 0 Å². The van der Waals surface area contributed by atoms with Crippen molar-refractivity contribution in [2.75, 3.05) is 0 Å². The van der Waals surface area contributed by atoms with Crippen LogP contribution in [0.25, 0.3) is 11.1 Å². The third kappa shape index (κ3) is 2.74. The zero-order chi connectivity index (χ0) is 9.97. The van der Waals surface area contributed by atoms with Crippen molar-refractivity contribution >= 4 is 0 Å². The van der Waals surface area contributed by atoms with Gasteiger partial charge in [0, 0.05) is 0 Å². The second-order valence-corrected chi connectivity index (χ2v) is 3.51. The summed E-state index contributed by atoms with van der Waals surface area (Å²) in [5.74, 6) is 0. The third-order valence-corrected chi connectivity index (χ3v) is 2.26. The van der Waals surface area contributed by atoms with Crippen LogP contribution in [0, 0.1) is 26.0 Å². The molecular formula is C14H12V. The Balaban J connectivity index is 0.00000112. The molecule has 0 atom stereocenters. The summed E-state index contributed by atoms with van der Waals surface area (Å²) in [6.07, 6.45) is 0. The molecule has 2 rings (SSSR count). The predicted octanol–water partition coefficient (Wildman–Crippen LogP) is 3.57. The van der Waals surface area contributed by atoms with Crippen molar-refractivity contribution in [2.24, 2.45) is 0 Å². The molecule has 2 aromatic carbocycles. The van der Waals surface area contributed by atoms with Crippen LogP contribution in [0.4, 0.5) is 0 Å². The summed E-state index contributed by atoms with van der Waals surface area (Å²) in [5.41, 5.74) is 4.77. The first-order valence-electron chi connectivity index (χ1n) is 4.73. The molecular weight excluding hydrogens is 219 g/mol. The van der Waals surface area contributed by atoms with Gasteiger partial charge in [0.25, 0.3) is 0 Å². The van der Waals surface area contributed by atoms with Crippen molar-refractivity contribution in [1.82, 2.24) is 0 Å². The van der Waals surface area contributed by atoms with Gasteiger partial charge in [0.15, 0.2) is 0 Å². The van der Waals surface area contributed by atoms with Gasteiger partial charge in [-0.1, -0.05) is 13.8 Å². The fraction of sp³-hybridized carbons (Fsp3) is 0.143. The zero-order valence-electron chi connectivity index (χ0n) is 8.91. The normalized spacial score (nSPS) is 9.47. The molecule has 0 spiro atoms. The predicted molar refractivity (Wildman–Crippen MR) is 59.0 cm³/mol. The van der Waals surface area contributed by atoms with Crippen LogP contribution in [-0.4, -0.2) is 0 Å². The summed E-state index contributed by atoms with van der Waals surface area (Å²) < 4.78 is 0. The van der Waals surface area contributed by atoms with Crippen LogP contribution in [0.15, 0.2) is 36.4 Å². The minimum atomic E-state index is 0. The second kappa shape index (κ2) is 5.20. The molecule has 0 nitrogen and oxygen atoms in total. The van der Waals surface area contributed by atoms with E-state index in [0.29, 0.717) is 0 Å². The van der Waals surface area contributed by atoms with E-state index < -0.39 is 0 Å². The van der Waals surface area contributed by atoms with E-state index in [2.05, 4.69) is 38.1 Å². The fourth-order valence-electron chi connectivity index (χ4n) is 1.59. The van der Waals surface area contributed by atoms with Crippen LogP contribution in [-0.2, 0) is 18.6 Å². The van der Waals surface area contributed by atoms with Crippen molar-refractivity contribution in [1.29, 1.82) is 0 Å². The summed E-state index contributed by atoms with van der Waals surface area (Å²) in [5, 5.41) is 0. The van der Waals surface area contributed by atoms with E-state index in [0.717, 1.165) is 11.1 Å². The van der Waals surface area contributed by atoms with Gasteiger partial charge in [0.2, 0.25) is 0 Å². The number of rotatable bonds is 1. The quantitative estimate of drug-likeness (QED) is 0.658. The van der Waals surface area contributed by atoms with Crippen molar-refractivity contribution in [3.05, 3.63) is 59.7 Å². The van der Waals surface area contributed by atoms with Crippen LogP contribution in [0.1, 0.15) is 11.1 Å². The molecule has 0 saturated heterocycles. The van der Waals surface area contributed by atoms with Crippen molar-refractivity contribution < 1.29 is 18.6 Å². The Morgan fingerprint density at radius 3 is 2.47 bits per heavy atom. The summed E-state index contributed by atoms with van der Waals surface area (Å²) in [6.45, 7) is 4.20. The van der Waals surface area contributed by atoms with Crippen LogP contribution >= 0.6 is 0 Å². The maximum atomic E-state index is 3.29. The maximum absolute atomic E-state index is 3.29. The molecule has 2 aromatic rings. The van der Waals surface area contributed by atoms with Crippen LogP contribution in [0.5, 0.6) is 0 Å². The van der Waals surface area contributed by atoms with Crippen molar-refractivity contribution in [3.63, 3.8) is 0 Å². The molecule has 0 N–H and O–H groups in total. The van der Waals surface area contributed by atoms with E-state index in [-0.39, 0.29) is 18.6 Å². The Morgan fingerprint density at radius 1 is 1.07 bits per heavy atom. The van der Waals surface area contributed by atoms with Gasteiger partial charge in [-0.25, -0.2) is 11.1 Å². The molecule has 0 fully saturated rings. The van der Waals surface area contributed by atoms with E-state index in [1.54, 1.807) is 0 Å². The van der Waals surface area contributed by atoms with Crippen LogP contribution in [0.3, 0.4) is 0 Å². The van der Waals surface area contributed by atoms with Gasteiger partial charge in [-0.3, -0.25) is 0 Å². The summed E-state index contributed by atoms with van der Waals surface area (Å²) in [6, 6.07) is 18.7. The maximum Gasteiger partial charge on any atom is 2.00 e. The molecule has 0 heterocycles. The minimum Gasteiger partial charge on any atom is -0.226 e. The smallest absolute Gasteiger partial charge is 0.226 e. The molecule has 15 heavy (non-hydrogen) atoms. The Labute approximate surface area is 103 Å². The Morgan fingerprint density at radius 2 is 1.87 bits per heavy atom. The van der Waals surface area contributed by atoms with Gasteiger partial charge in [0.05, 0.1) is 0 Å². The topological polar surface area (TPSA) is 0 Å². The summed E-state index contributed by atoms with van der Waals surface area (Å²) in [7, 11) is 0. The zero-order valence-corrected chi connectivity index (χ0v) is 10.3. The van der Waals surface area contributed by atoms with Gasteiger partial charge in [-0.05, 0) is 0 Å². The van der Waals surface area contributed by atoms with Crippen molar-refractivity contribution in [2.45, 2.75) is 13.8 Å². The van der Waals surface area contributed by atoms with Gasteiger partial charge >= 0.3 is 18.6 Å². The average Bonchev–Trinajstić information content (AvgIpc) is 2.19. The van der Waals surface area contributed by atoms with Crippen LogP contribution in [0.2, 0.25) is 0 Å². The third-order valence-electron chi connectivity index (χ3n) is 2.26. The summed E-state index contributed by atoms with van der Waals surface area (Å²) >= 11 is 0. The first kappa shape index (κ1) is 12.1. The molecule has 1 heteroatoms. The largest absolute Gasteiger partial charge is 2.00 e. The number of hydrogen-bond donors (Lipinski definition) is 0. The molecule has 0 aliphatic carbocycles. The number of aryl methyl sites for hydroxylation is 2. The molecule has 0 saturated carbocycles. The Hall–Kier alpha value is -0.976. The van der Waals surface area contributed by atoms with E-state index in [9.17, 15) is 0 Å². The van der Waals surface area contributed by atoms with E-state index >= 15 is 0 Å². The van der Waals surface area contributed by atoms with Gasteiger partial charge in [-0.15, -0.1) is 17.7 Å². The SMILES string of the molecule is Cc1c[c-]c(-c2[c-]cccc2)c(C)c1.[V+2]. The number of benzene rings is 2. The molecule has 0 amide bonds. The van der Waals surface area contributed by atoms with Gasteiger partial charge in [0.1, 0.15) is 0 Å². The van der Waals surface area contributed by atoms with Gasteiger partial charge < -0.3 is 0 Å². The fourth-order valence-corrected chi connectivity index (χ4v) is 1.59. The first-order chi connectivity index (χ1) is 6.77. The molecule has 0 aliphatic rings. The Bertz CT molecular complexity index is 432. The van der Waals surface area contributed by atoms with Gasteiger partial charge in [-0.2, -0.15) is 42.0 Å². The Kier molecular flexibility index (Phi) is 4.20. The average molecular weight is 231 g/mol. The molecule has 0 bridgehead atoms. The van der Waals surface area contributed by atoms with E-state index in [1.165, 1.54) is 11.1 Å². The summed E-state index contributed by atoms with van der Waals surface area (Å²) in [4.78, 5) is 0. The van der Waals surface area contributed by atoms with Crippen molar-refractivity contribution in [3.8, 4) is 11.1 Å². The first-order valence-corrected chi connectivity index (χ1v) is 4.73. The van der Waals surface area contributed by atoms with E-state index in [4.69, 9.17) is 0 Å². The molecule has 73 valence electrons. The standard InChI is InChI=1S/C14H12.V/c1-11-8-9-14(12(2)10-11)13-6-4-3-5-7-13;/h3-6,8,10H,1-2H3;/q-2;+2.